The summed E-state index contributed by atoms with van der Waals surface area (Å²) < 4.78 is 0.903. The van der Waals surface area contributed by atoms with Crippen LogP contribution < -0.4 is 5.49 Å². The highest BCUT2D eigenvalue weighted by Gasteiger charge is 2.12. The van der Waals surface area contributed by atoms with E-state index >= 15 is 0 Å². The molecule has 0 bridgehead atoms. The first-order chi connectivity index (χ1) is 8.97. The molecule has 0 atom stereocenters. The monoisotopic (exact) mass is 257 g/mol. The molecule has 0 aliphatic heterocycles. The lowest BCUT2D eigenvalue weighted by Gasteiger charge is -2.07. The highest BCUT2D eigenvalue weighted by atomic mass is 16.5. The molecule has 2 rings (SSSR count). The Bertz CT molecular complexity index is 691. The molecule has 19 heavy (non-hydrogen) atoms. The van der Waals surface area contributed by atoms with Crippen molar-refractivity contribution in [3.63, 3.8) is 0 Å². The summed E-state index contributed by atoms with van der Waals surface area (Å²) in [5.41, 5.74) is 3.32. The molecule has 0 unspecified atom stereocenters. The van der Waals surface area contributed by atoms with Gasteiger partial charge in [-0.3, -0.25) is 4.79 Å². The van der Waals surface area contributed by atoms with Crippen molar-refractivity contribution in [1.29, 1.82) is 0 Å². The van der Waals surface area contributed by atoms with E-state index in [1.54, 1.807) is 32.1 Å². The van der Waals surface area contributed by atoms with E-state index in [2.05, 4.69) is 10.2 Å². The largest absolute Gasteiger partial charge is 0.427 e. The maximum atomic E-state index is 11.4. The van der Waals surface area contributed by atoms with Crippen LogP contribution in [0.1, 0.15) is 19.4 Å². The third kappa shape index (κ3) is 2.88. The first-order valence-electron chi connectivity index (χ1n) is 5.89. The van der Waals surface area contributed by atoms with Crippen LogP contribution in [0.2, 0.25) is 0 Å². The minimum Gasteiger partial charge on any atom is -0.427 e. The Morgan fingerprint density at radius 1 is 1.11 bits per heavy atom. The zero-order chi connectivity index (χ0) is 14.0. The molecule has 0 aromatic carbocycles. The van der Waals surface area contributed by atoms with Gasteiger partial charge in [0.25, 0.3) is 0 Å². The molecule has 1 heterocycles. The fourth-order valence-corrected chi connectivity index (χ4v) is 1.64. The lowest BCUT2D eigenvalue weighted by molar-refractivity contribution is -0.111. The molecule has 0 saturated heterocycles. The van der Waals surface area contributed by atoms with E-state index in [1.807, 2.05) is 6.92 Å². The number of carbonyl (C=O) groups is 1. The fraction of sp³-hybridized carbons (Fsp3) is 0.214. The van der Waals surface area contributed by atoms with Gasteiger partial charge in [0, 0.05) is 6.20 Å². The Balaban J connectivity index is 2.45. The van der Waals surface area contributed by atoms with E-state index in [0.29, 0.717) is 16.8 Å². The van der Waals surface area contributed by atoms with Gasteiger partial charge in [-0.25, -0.2) is 0 Å². The number of aromatic nitrogens is 1. The molecule has 0 fully saturated rings. The minimum atomic E-state index is -0.00997. The van der Waals surface area contributed by atoms with Gasteiger partial charge < -0.3 is 5.21 Å². The Hall–Kier alpha value is -2.43. The maximum absolute atomic E-state index is 11.4. The number of pyridine rings is 1. The molecule has 5 heteroatoms. The van der Waals surface area contributed by atoms with Gasteiger partial charge in [-0.05, 0) is 61.8 Å². The van der Waals surface area contributed by atoms with Gasteiger partial charge in [0.05, 0.1) is 5.71 Å². The van der Waals surface area contributed by atoms with Gasteiger partial charge in [-0.1, -0.05) is 0 Å². The van der Waals surface area contributed by atoms with Gasteiger partial charge >= 0.3 is 0 Å². The van der Waals surface area contributed by atoms with Crippen molar-refractivity contribution in [2.45, 2.75) is 20.8 Å². The fourth-order valence-electron chi connectivity index (χ4n) is 1.64. The Kier molecular flexibility index (Phi) is 3.46. The van der Waals surface area contributed by atoms with Gasteiger partial charge in [0.15, 0.2) is 11.3 Å². The second-order valence-electron chi connectivity index (χ2n) is 4.51. The average Bonchev–Trinajstić information content (AvgIpc) is 2.36. The SMILES string of the molecule is CC1=CC(=N/N=c2\cc(C)ccn2O)C(C)=CC1=O. The van der Waals surface area contributed by atoms with Crippen molar-refractivity contribution in [2.75, 3.05) is 0 Å². The summed E-state index contributed by atoms with van der Waals surface area (Å²) in [6.07, 6.45) is 4.73. The summed E-state index contributed by atoms with van der Waals surface area (Å²) in [4.78, 5) is 11.4. The zero-order valence-corrected chi connectivity index (χ0v) is 11.1. The van der Waals surface area contributed by atoms with E-state index in [1.165, 1.54) is 12.3 Å². The molecular weight excluding hydrogens is 242 g/mol. The number of allylic oxidation sites excluding steroid dienone is 4. The van der Waals surface area contributed by atoms with Crippen LogP contribution in [-0.2, 0) is 4.79 Å². The van der Waals surface area contributed by atoms with E-state index in [-0.39, 0.29) is 5.78 Å². The molecule has 1 aliphatic carbocycles. The van der Waals surface area contributed by atoms with Crippen molar-refractivity contribution >= 4 is 11.5 Å². The first kappa shape index (κ1) is 13.0. The summed E-state index contributed by atoms with van der Waals surface area (Å²) in [6, 6.07) is 3.48. The van der Waals surface area contributed by atoms with E-state index in [9.17, 15) is 10.0 Å². The third-order valence-corrected chi connectivity index (χ3v) is 2.82. The minimum absolute atomic E-state index is 0.00997. The average molecular weight is 257 g/mol. The second-order valence-corrected chi connectivity index (χ2v) is 4.51. The molecule has 0 amide bonds. The Morgan fingerprint density at radius 2 is 1.84 bits per heavy atom. The molecule has 1 aliphatic rings. The number of hydrogen-bond donors (Lipinski definition) is 1. The smallest absolute Gasteiger partial charge is 0.190 e. The van der Waals surface area contributed by atoms with Crippen molar-refractivity contribution in [2.24, 2.45) is 10.2 Å². The number of ketones is 1. The van der Waals surface area contributed by atoms with Gasteiger partial charge in [0.1, 0.15) is 0 Å². The third-order valence-electron chi connectivity index (χ3n) is 2.82. The van der Waals surface area contributed by atoms with Crippen molar-refractivity contribution in [3.05, 3.63) is 52.7 Å². The normalized spacial score (nSPS) is 18.6. The Morgan fingerprint density at radius 3 is 2.58 bits per heavy atom. The highest BCUT2D eigenvalue weighted by Crippen LogP contribution is 2.11. The number of rotatable bonds is 1. The molecule has 1 N–H and O–H groups in total. The topological polar surface area (TPSA) is 66.9 Å². The molecule has 0 spiro atoms. The van der Waals surface area contributed by atoms with Crippen LogP contribution >= 0.6 is 0 Å². The van der Waals surface area contributed by atoms with E-state index in [4.69, 9.17) is 0 Å². The number of hydrogen-bond acceptors (Lipinski definition) is 4. The summed E-state index contributed by atoms with van der Waals surface area (Å²) in [6.45, 7) is 5.44. The molecule has 5 nitrogen and oxygen atoms in total. The van der Waals surface area contributed by atoms with E-state index < -0.39 is 0 Å². The highest BCUT2D eigenvalue weighted by molar-refractivity contribution is 6.21. The molecule has 0 radical (unpaired) electrons. The van der Waals surface area contributed by atoms with Crippen LogP contribution in [0.4, 0.5) is 0 Å². The van der Waals surface area contributed by atoms with Crippen LogP contribution in [0, 0.1) is 6.92 Å². The number of nitrogens with zero attached hydrogens (tertiary/aromatic N) is 3. The summed E-state index contributed by atoms with van der Waals surface area (Å²) in [7, 11) is 0. The molecule has 98 valence electrons. The molecule has 0 saturated carbocycles. The summed E-state index contributed by atoms with van der Waals surface area (Å²) >= 11 is 0. The summed E-state index contributed by atoms with van der Waals surface area (Å²) in [5, 5.41) is 17.7. The van der Waals surface area contributed by atoms with Gasteiger partial charge in [-0.15, -0.1) is 10.2 Å². The van der Waals surface area contributed by atoms with Gasteiger partial charge in [0.2, 0.25) is 0 Å². The van der Waals surface area contributed by atoms with Crippen molar-refractivity contribution in [1.82, 2.24) is 4.73 Å². The quantitative estimate of drug-likeness (QED) is 0.473. The predicted octanol–water partition coefficient (Wildman–Crippen LogP) is 1.77. The van der Waals surface area contributed by atoms with Crippen molar-refractivity contribution < 1.29 is 10.0 Å². The van der Waals surface area contributed by atoms with Crippen molar-refractivity contribution in [3.8, 4) is 0 Å². The zero-order valence-electron chi connectivity index (χ0n) is 11.1. The predicted molar refractivity (Wildman–Crippen MR) is 71.9 cm³/mol. The molecule has 1 aromatic heterocycles. The lowest BCUT2D eigenvalue weighted by Crippen LogP contribution is -2.18. The lowest BCUT2D eigenvalue weighted by atomic mass is 9.99. The Labute approximate surface area is 110 Å². The summed E-state index contributed by atoms with van der Waals surface area (Å²) in [5.74, 6) is -0.00997. The number of aryl methyl sites for hydroxylation is 1. The van der Waals surface area contributed by atoms with Crippen LogP contribution in [-0.4, -0.2) is 21.4 Å². The standard InChI is InChI=1S/C14H15N3O2/c1-9-4-5-17(19)14(6-9)16-15-12-7-11(3)13(18)8-10(12)2/h4-8,19H,1-3H3/b15-12?,16-14+. The van der Waals surface area contributed by atoms with Gasteiger partial charge in [-0.2, -0.15) is 4.73 Å². The first-order valence-corrected chi connectivity index (χ1v) is 5.89. The maximum Gasteiger partial charge on any atom is 0.190 e. The van der Waals surface area contributed by atoms with E-state index in [0.717, 1.165) is 15.9 Å². The molecule has 1 aromatic rings. The van der Waals surface area contributed by atoms with Crippen LogP contribution in [0.15, 0.2) is 51.8 Å². The van der Waals surface area contributed by atoms with Crippen LogP contribution in [0.3, 0.4) is 0 Å². The molecular formula is C14H15N3O2. The van der Waals surface area contributed by atoms with Crippen LogP contribution in [0.25, 0.3) is 0 Å². The number of carbonyl (C=O) groups excluding carboxylic acids is 1. The second kappa shape index (κ2) is 5.06. The van der Waals surface area contributed by atoms with Crippen LogP contribution in [0.5, 0.6) is 0 Å².